The van der Waals surface area contributed by atoms with Gasteiger partial charge in [-0.3, -0.25) is 4.79 Å². The van der Waals surface area contributed by atoms with E-state index in [1.54, 1.807) is 11.6 Å². The third-order valence-electron chi connectivity index (χ3n) is 3.10. The summed E-state index contributed by atoms with van der Waals surface area (Å²) in [5.74, 6) is -0.397. The van der Waals surface area contributed by atoms with Crippen molar-refractivity contribution in [3.05, 3.63) is 47.5 Å². The molecule has 0 aliphatic carbocycles. The van der Waals surface area contributed by atoms with Gasteiger partial charge in [-0.1, -0.05) is 44.2 Å². The highest BCUT2D eigenvalue weighted by atomic mass is 32.1. The molecule has 7 heteroatoms. The van der Waals surface area contributed by atoms with Crippen LogP contribution < -0.4 is 10.6 Å². The fourth-order valence-corrected chi connectivity index (χ4v) is 2.43. The van der Waals surface area contributed by atoms with E-state index in [1.807, 2.05) is 44.2 Å². The molecule has 2 amide bonds. The van der Waals surface area contributed by atoms with Crippen LogP contribution in [0.3, 0.4) is 0 Å². The van der Waals surface area contributed by atoms with Gasteiger partial charge in [-0.2, -0.15) is 0 Å². The Labute approximate surface area is 138 Å². The Morgan fingerprint density at radius 2 is 2.00 bits per heavy atom. The Morgan fingerprint density at radius 1 is 1.26 bits per heavy atom. The molecule has 2 rings (SSSR count). The van der Waals surface area contributed by atoms with E-state index < -0.39 is 12.1 Å². The topological polar surface area (TPSA) is 80.3 Å². The number of ether oxygens (including phenoxy) is 1. The number of hydrogen-bond acceptors (Lipinski definition) is 5. The summed E-state index contributed by atoms with van der Waals surface area (Å²) in [6, 6.07) is 8.66. The molecular weight excluding hydrogens is 314 g/mol. The highest BCUT2D eigenvalue weighted by Gasteiger charge is 2.25. The van der Waals surface area contributed by atoms with Gasteiger partial charge in [0.1, 0.15) is 12.6 Å². The molecule has 0 aliphatic heterocycles. The standard InChI is InChI=1S/C16H19N3O3S/c1-11(2)13(14(20)19-15-17-8-9-23-15)18-16(21)22-10-12-6-4-3-5-7-12/h3-9,11,13H,10H2,1-2H3,(H,18,21)(H,17,19,20)/t13-/m0/s1. The average Bonchev–Trinajstić information content (AvgIpc) is 3.04. The minimum absolute atomic E-state index is 0.0840. The molecule has 2 N–H and O–H groups in total. The number of nitrogens with zero attached hydrogens (tertiary/aromatic N) is 1. The van der Waals surface area contributed by atoms with E-state index in [0.717, 1.165) is 5.56 Å². The second-order valence-corrected chi connectivity index (χ2v) is 6.15. The van der Waals surface area contributed by atoms with Gasteiger partial charge in [-0.25, -0.2) is 9.78 Å². The first-order chi connectivity index (χ1) is 11.1. The van der Waals surface area contributed by atoms with Crippen molar-refractivity contribution in [1.29, 1.82) is 0 Å². The summed E-state index contributed by atoms with van der Waals surface area (Å²) in [5, 5.41) is 7.55. The molecule has 23 heavy (non-hydrogen) atoms. The van der Waals surface area contributed by atoms with Gasteiger partial charge in [0.25, 0.3) is 0 Å². The second kappa shape index (κ2) is 8.28. The van der Waals surface area contributed by atoms with Crippen LogP contribution in [0, 0.1) is 5.92 Å². The Morgan fingerprint density at radius 3 is 2.61 bits per heavy atom. The lowest BCUT2D eigenvalue weighted by Gasteiger charge is -2.20. The van der Waals surface area contributed by atoms with E-state index in [2.05, 4.69) is 15.6 Å². The summed E-state index contributed by atoms with van der Waals surface area (Å²) in [7, 11) is 0. The van der Waals surface area contributed by atoms with Crippen LogP contribution in [0.4, 0.5) is 9.93 Å². The summed E-state index contributed by atoms with van der Waals surface area (Å²) < 4.78 is 5.15. The van der Waals surface area contributed by atoms with E-state index in [0.29, 0.717) is 5.13 Å². The predicted octanol–water partition coefficient (Wildman–Crippen LogP) is 3.03. The van der Waals surface area contributed by atoms with Crippen molar-refractivity contribution in [2.75, 3.05) is 5.32 Å². The summed E-state index contributed by atoms with van der Waals surface area (Å²) in [5.41, 5.74) is 0.885. The molecular formula is C16H19N3O3S. The quantitative estimate of drug-likeness (QED) is 0.851. The molecule has 0 spiro atoms. The largest absolute Gasteiger partial charge is 0.445 e. The fourth-order valence-electron chi connectivity index (χ4n) is 1.90. The molecule has 0 unspecified atom stereocenters. The first kappa shape index (κ1) is 17.0. The maximum atomic E-state index is 12.2. The van der Waals surface area contributed by atoms with Crippen molar-refractivity contribution in [3.63, 3.8) is 0 Å². The lowest BCUT2D eigenvalue weighted by molar-refractivity contribution is -0.119. The monoisotopic (exact) mass is 333 g/mol. The van der Waals surface area contributed by atoms with Crippen LogP contribution in [-0.2, 0) is 16.1 Å². The van der Waals surface area contributed by atoms with E-state index in [9.17, 15) is 9.59 Å². The maximum Gasteiger partial charge on any atom is 0.408 e. The lowest BCUT2D eigenvalue weighted by Crippen LogP contribution is -2.47. The van der Waals surface area contributed by atoms with Crippen molar-refractivity contribution in [2.45, 2.75) is 26.5 Å². The van der Waals surface area contributed by atoms with E-state index in [-0.39, 0.29) is 18.4 Å². The van der Waals surface area contributed by atoms with Crippen LogP contribution >= 0.6 is 11.3 Å². The Balaban J connectivity index is 1.88. The van der Waals surface area contributed by atoms with Gasteiger partial charge in [-0.15, -0.1) is 11.3 Å². The number of rotatable bonds is 6. The van der Waals surface area contributed by atoms with Gasteiger partial charge in [-0.05, 0) is 11.5 Å². The van der Waals surface area contributed by atoms with Gasteiger partial charge in [0.15, 0.2) is 5.13 Å². The number of carbonyl (C=O) groups is 2. The molecule has 0 radical (unpaired) electrons. The minimum atomic E-state index is -0.692. The number of aromatic nitrogens is 1. The van der Waals surface area contributed by atoms with Gasteiger partial charge in [0.2, 0.25) is 5.91 Å². The summed E-state index contributed by atoms with van der Waals surface area (Å²) in [6.07, 6.45) is 0.980. The molecule has 2 aromatic rings. The van der Waals surface area contributed by atoms with Gasteiger partial charge >= 0.3 is 6.09 Å². The Kier molecular flexibility index (Phi) is 6.10. The zero-order chi connectivity index (χ0) is 16.7. The molecule has 0 fully saturated rings. The molecule has 0 bridgehead atoms. The third kappa shape index (κ3) is 5.37. The second-order valence-electron chi connectivity index (χ2n) is 5.25. The van der Waals surface area contributed by atoms with Crippen LogP contribution in [0.5, 0.6) is 0 Å². The molecule has 1 aromatic heterocycles. The lowest BCUT2D eigenvalue weighted by atomic mass is 10.0. The smallest absolute Gasteiger partial charge is 0.408 e. The Bertz CT molecular complexity index is 629. The molecule has 1 atom stereocenters. The molecule has 1 heterocycles. The number of amides is 2. The van der Waals surface area contributed by atoms with Gasteiger partial charge in [0.05, 0.1) is 0 Å². The normalized spacial score (nSPS) is 11.8. The number of carbonyl (C=O) groups excluding carboxylic acids is 2. The number of anilines is 1. The van der Waals surface area contributed by atoms with Crippen molar-refractivity contribution < 1.29 is 14.3 Å². The predicted molar refractivity (Wildman–Crippen MR) is 89.1 cm³/mol. The van der Waals surface area contributed by atoms with Crippen molar-refractivity contribution in [2.24, 2.45) is 5.92 Å². The number of thiazole rings is 1. The SMILES string of the molecule is CC(C)[C@H](NC(=O)OCc1ccccc1)C(=O)Nc1nccs1. The summed E-state index contributed by atoms with van der Waals surface area (Å²) in [6.45, 7) is 3.86. The summed E-state index contributed by atoms with van der Waals surface area (Å²) >= 11 is 1.32. The highest BCUT2D eigenvalue weighted by Crippen LogP contribution is 2.12. The minimum Gasteiger partial charge on any atom is -0.445 e. The van der Waals surface area contributed by atoms with Crippen LogP contribution in [0.25, 0.3) is 0 Å². The van der Waals surface area contributed by atoms with Crippen LogP contribution in [0.1, 0.15) is 19.4 Å². The number of benzene rings is 1. The molecule has 0 saturated heterocycles. The Hall–Kier alpha value is -2.41. The van der Waals surface area contributed by atoms with Gasteiger partial charge < -0.3 is 15.4 Å². The van der Waals surface area contributed by atoms with E-state index in [4.69, 9.17) is 4.74 Å². The van der Waals surface area contributed by atoms with Crippen LogP contribution in [0.15, 0.2) is 41.9 Å². The number of alkyl carbamates (subject to hydrolysis) is 1. The molecule has 6 nitrogen and oxygen atoms in total. The molecule has 1 aromatic carbocycles. The summed E-state index contributed by atoms with van der Waals surface area (Å²) in [4.78, 5) is 28.2. The number of nitrogens with one attached hydrogen (secondary N) is 2. The van der Waals surface area contributed by atoms with E-state index >= 15 is 0 Å². The first-order valence-corrected chi connectivity index (χ1v) is 8.12. The van der Waals surface area contributed by atoms with Crippen LogP contribution in [0.2, 0.25) is 0 Å². The zero-order valence-electron chi connectivity index (χ0n) is 13.0. The van der Waals surface area contributed by atoms with Crippen molar-refractivity contribution >= 4 is 28.5 Å². The van der Waals surface area contributed by atoms with Crippen LogP contribution in [-0.4, -0.2) is 23.0 Å². The maximum absolute atomic E-state index is 12.2. The van der Waals surface area contributed by atoms with Crippen molar-refractivity contribution in [1.82, 2.24) is 10.3 Å². The zero-order valence-corrected chi connectivity index (χ0v) is 13.8. The first-order valence-electron chi connectivity index (χ1n) is 7.24. The molecule has 122 valence electrons. The van der Waals surface area contributed by atoms with E-state index in [1.165, 1.54) is 11.3 Å². The number of hydrogen-bond donors (Lipinski definition) is 2. The van der Waals surface area contributed by atoms with Crippen molar-refractivity contribution in [3.8, 4) is 0 Å². The van der Waals surface area contributed by atoms with Gasteiger partial charge in [0, 0.05) is 11.6 Å². The third-order valence-corrected chi connectivity index (χ3v) is 3.79. The highest BCUT2D eigenvalue weighted by molar-refractivity contribution is 7.13. The molecule has 0 aliphatic rings. The molecule has 0 saturated carbocycles. The fraction of sp³-hybridized carbons (Fsp3) is 0.312. The average molecular weight is 333 g/mol.